The molecule has 0 aliphatic carbocycles. The Morgan fingerprint density at radius 2 is 1.77 bits per heavy atom. The molecule has 2 aromatic carbocycles. The summed E-state index contributed by atoms with van der Waals surface area (Å²) in [5, 5.41) is 7.25. The molecule has 3 nitrogen and oxygen atoms in total. The molecule has 1 heterocycles. The maximum Gasteiger partial charge on any atom is 0.199 e. The van der Waals surface area contributed by atoms with Gasteiger partial charge in [0, 0.05) is 15.9 Å². The lowest BCUT2D eigenvalue weighted by molar-refractivity contribution is 0.948. The Bertz CT molecular complexity index is 794. The number of aromatic amines is 1. The van der Waals surface area contributed by atoms with Crippen molar-refractivity contribution in [3.05, 3.63) is 75.2 Å². The minimum absolute atomic E-state index is 0.623. The monoisotopic (exact) mass is 391 g/mol. The molecule has 0 radical (unpaired) electrons. The third kappa shape index (κ3) is 3.69. The molecule has 0 unspecified atom stereocenters. The van der Waals surface area contributed by atoms with E-state index in [9.17, 15) is 0 Å². The topological polar surface area (TPSA) is 33.6 Å². The molecule has 1 aromatic heterocycles. The fourth-order valence-corrected chi connectivity index (χ4v) is 3.54. The largest absolute Gasteiger partial charge is 0.271 e. The second-order valence-electron chi connectivity index (χ2n) is 4.74. The van der Waals surface area contributed by atoms with E-state index in [4.69, 9.17) is 12.2 Å². The van der Waals surface area contributed by atoms with Crippen LogP contribution in [0.2, 0.25) is 0 Å². The van der Waals surface area contributed by atoms with E-state index in [2.05, 4.69) is 50.4 Å². The summed E-state index contributed by atoms with van der Waals surface area (Å²) in [4.78, 5) is 0. The van der Waals surface area contributed by atoms with Gasteiger partial charge in [0.15, 0.2) is 4.77 Å². The van der Waals surface area contributed by atoms with Gasteiger partial charge in [-0.1, -0.05) is 46.3 Å². The third-order valence-corrected chi connectivity index (χ3v) is 4.97. The lowest BCUT2D eigenvalue weighted by atomic mass is 10.2. The van der Waals surface area contributed by atoms with Gasteiger partial charge in [0.2, 0.25) is 0 Å². The zero-order chi connectivity index (χ0) is 15.4. The average molecular weight is 392 g/mol. The van der Waals surface area contributed by atoms with Crippen LogP contribution >= 0.6 is 39.9 Å². The molecular formula is C16H14BrN3S2. The maximum atomic E-state index is 5.36. The second kappa shape index (κ2) is 7.26. The highest BCUT2D eigenvalue weighted by molar-refractivity contribution is 9.10. The summed E-state index contributed by atoms with van der Waals surface area (Å²) in [7, 11) is 0. The molecule has 0 saturated heterocycles. The Morgan fingerprint density at radius 3 is 2.50 bits per heavy atom. The Balaban J connectivity index is 1.75. The van der Waals surface area contributed by atoms with Crippen LogP contribution in [0.3, 0.4) is 0 Å². The lowest BCUT2D eigenvalue weighted by Crippen LogP contribution is -2.00. The number of nitrogens with zero attached hydrogens (tertiary/aromatic N) is 2. The maximum absolute atomic E-state index is 5.36. The predicted molar refractivity (Wildman–Crippen MR) is 97.9 cm³/mol. The van der Waals surface area contributed by atoms with Gasteiger partial charge in [0.05, 0.1) is 5.75 Å². The molecule has 0 spiro atoms. The van der Waals surface area contributed by atoms with E-state index in [-0.39, 0.29) is 0 Å². The first-order valence-corrected chi connectivity index (χ1v) is 9.13. The van der Waals surface area contributed by atoms with Crippen LogP contribution in [0.4, 0.5) is 0 Å². The van der Waals surface area contributed by atoms with Crippen LogP contribution in [0, 0.1) is 4.77 Å². The van der Waals surface area contributed by atoms with Crippen LogP contribution < -0.4 is 0 Å². The summed E-state index contributed by atoms with van der Waals surface area (Å²) in [5.74, 6) is 2.70. The highest BCUT2D eigenvalue weighted by Gasteiger charge is 2.08. The van der Waals surface area contributed by atoms with Crippen molar-refractivity contribution in [1.82, 2.24) is 14.8 Å². The number of hydrogen-bond donors (Lipinski definition) is 1. The van der Waals surface area contributed by atoms with E-state index in [1.165, 1.54) is 5.56 Å². The van der Waals surface area contributed by atoms with Crippen molar-refractivity contribution in [1.29, 1.82) is 0 Å². The van der Waals surface area contributed by atoms with Crippen molar-refractivity contribution in [2.24, 2.45) is 0 Å². The smallest absolute Gasteiger partial charge is 0.199 e. The lowest BCUT2D eigenvalue weighted by Gasteiger charge is -2.07. The van der Waals surface area contributed by atoms with Gasteiger partial charge >= 0.3 is 0 Å². The standard InChI is InChI=1S/C16H14BrN3S2/c17-13-6-8-14(9-7-13)20-15(18-19-16(20)21)11-22-10-12-4-2-1-3-5-12/h1-9H,10-11H2,(H,19,21). The molecule has 3 rings (SSSR count). The van der Waals surface area contributed by atoms with Crippen LogP contribution in [0.25, 0.3) is 5.69 Å². The number of aromatic nitrogens is 3. The molecule has 3 aromatic rings. The number of nitrogens with one attached hydrogen (secondary N) is 1. The van der Waals surface area contributed by atoms with E-state index in [0.29, 0.717) is 4.77 Å². The fourth-order valence-electron chi connectivity index (χ4n) is 2.12. The number of thioether (sulfide) groups is 1. The zero-order valence-corrected chi connectivity index (χ0v) is 14.9. The van der Waals surface area contributed by atoms with Crippen molar-refractivity contribution in [3.63, 3.8) is 0 Å². The molecule has 1 N–H and O–H groups in total. The molecule has 22 heavy (non-hydrogen) atoms. The second-order valence-corrected chi connectivity index (χ2v) is 7.02. The summed E-state index contributed by atoms with van der Waals surface area (Å²) in [5.41, 5.74) is 2.34. The van der Waals surface area contributed by atoms with E-state index in [1.54, 1.807) is 0 Å². The van der Waals surface area contributed by atoms with Crippen molar-refractivity contribution in [3.8, 4) is 5.69 Å². The van der Waals surface area contributed by atoms with Crippen LogP contribution in [-0.4, -0.2) is 14.8 Å². The Kier molecular flexibility index (Phi) is 5.12. The van der Waals surface area contributed by atoms with Gasteiger partial charge in [0.1, 0.15) is 5.82 Å². The van der Waals surface area contributed by atoms with E-state index >= 15 is 0 Å². The number of rotatable bonds is 5. The summed E-state index contributed by atoms with van der Waals surface area (Å²) < 4.78 is 3.66. The van der Waals surface area contributed by atoms with Gasteiger partial charge in [-0.05, 0) is 42.0 Å². The molecular weight excluding hydrogens is 378 g/mol. The van der Waals surface area contributed by atoms with Gasteiger partial charge in [0.25, 0.3) is 0 Å². The number of hydrogen-bond acceptors (Lipinski definition) is 3. The fraction of sp³-hybridized carbons (Fsp3) is 0.125. The summed E-state index contributed by atoms with van der Waals surface area (Å²) in [6.07, 6.45) is 0. The highest BCUT2D eigenvalue weighted by Crippen LogP contribution is 2.20. The van der Waals surface area contributed by atoms with E-state index < -0.39 is 0 Å². The van der Waals surface area contributed by atoms with Crippen LogP contribution in [0.15, 0.2) is 59.1 Å². The normalized spacial score (nSPS) is 10.8. The van der Waals surface area contributed by atoms with E-state index in [0.717, 1.165) is 27.5 Å². The SMILES string of the molecule is S=c1[nH]nc(CSCc2ccccc2)n1-c1ccc(Br)cc1. The van der Waals surface area contributed by atoms with Crippen LogP contribution in [0.5, 0.6) is 0 Å². The minimum atomic E-state index is 0.623. The zero-order valence-electron chi connectivity index (χ0n) is 11.7. The summed E-state index contributed by atoms with van der Waals surface area (Å²) >= 11 is 10.6. The van der Waals surface area contributed by atoms with Crippen LogP contribution in [-0.2, 0) is 11.5 Å². The molecule has 0 bridgehead atoms. The Morgan fingerprint density at radius 1 is 1.05 bits per heavy atom. The van der Waals surface area contributed by atoms with Gasteiger partial charge in [-0.15, -0.1) is 11.8 Å². The summed E-state index contributed by atoms with van der Waals surface area (Å²) in [6.45, 7) is 0. The Labute approximate surface area is 146 Å². The molecule has 0 atom stereocenters. The summed E-state index contributed by atoms with van der Waals surface area (Å²) in [6, 6.07) is 18.5. The molecule has 0 aliphatic rings. The van der Waals surface area contributed by atoms with Crippen molar-refractivity contribution in [2.75, 3.05) is 0 Å². The van der Waals surface area contributed by atoms with Crippen molar-refractivity contribution < 1.29 is 0 Å². The quantitative estimate of drug-likeness (QED) is 0.612. The van der Waals surface area contributed by atoms with Crippen molar-refractivity contribution >= 4 is 39.9 Å². The minimum Gasteiger partial charge on any atom is -0.271 e. The van der Waals surface area contributed by atoms with Gasteiger partial charge < -0.3 is 0 Å². The molecule has 112 valence electrons. The Hall–Kier alpha value is -1.37. The first-order valence-electron chi connectivity index (χ1n) is 6.78. The first kappa shape index (κ1) is 15.5. The molecule has 0 fully saturated rings. The van der Waals surface area contributed by atoms with Gasteiger partial charge in [-0.3, -0.25) is 9.67 Å². The van der Waals surface area contributed by atoms with Gasteiger partial charge in [-0.2, -0.15) is 5.10 Å². The number of halogens is 1. The molecule has 0 aliphatic heterocycles. The molecule has 0 saturated carbocycles. The third-order valence-electron chi connectivity index (χ3n) is 3.17. The van der Waals surface area contributed by atoms with Crippen molar-refractivity contribution in [2.45, 2.75) is 11.5 Å². The first-order chi connectivity index (χ1) is 10.7. The predicted octanol–water partition coefficient (Wildman–Crippen LogP) is 5.13. The molecule has 6 heteroatoms. The number of benzene rings is 2. The van der Waals surface area contributed by atoms with E-state index in [1.807, 2.05) is 46.7 Å². The highest BCUT2D eigenvalue weighted by atomic mass is 79.9. The average Bonchev–Trinajstić information content (AvgIpc) is 2.90. The molecule has 0 amide bonds. The van der Waals surface area contributed by atoms with Crippen LogP contribution in [0.1, 0.15) is 11.4 Å². The van der Waals surface area contributed by atoms with Gasteiger partial charge in [-0.25, -0.2) is 0 Å². The number of H-pyrrole nitrogens is 1.